The molecule has 2 N–H and O–H groups in total. The van der Waals surface area contributed by atoms with Gasteiger partial charge < -0.3 is 9.84 Å². The first-order valence-electron chi connectivity index (χ1n) is 15.3. The molecular weight excluding hydrogens is 620 g/mol. The predicted octanol–water partition coefficient (Wildman–Crippen LogP) is 8.54. The van der Waals surface area contributed by atoms with E-state index in [1.54, 1.807) is 12.1 Å². The van der Waals surface area contributed by atoms with E-state index < -0.39 is 21.8 Å². The van der Waals surface area contributed by atoms with Crippen LogP contribution in [0.25, 0.3) is 22.5 Å². The van der Waals surface area contributed by atoms with E-state index in [1.807, 2.05) is 54.6 Å². The predicted molar refractivity (Wildman–Crippen MR) is 183 cm³/mol. The SMILES string of the molecule is CC(C)(C)C1(C)C=CC([C@@H](Cc2ccc(C(=O)NCCS(=O)(=O)O)cc2)c2cc(-c3cccc(-c4ccc(Cl)cc4)c3)on2)=CC1. The molecule has 1 amide bonds. The summed E-state index contributed by atoms with van der Waals surface area (Å²) < 4.78 is 36.8. The number of carbonyl (C=O) groups is 1. The number of rotatable bonds is 10. The van der Waals surface area contributed by atoms with Gasteiger partial charge in [-0.05, 0) is 76.3 Å². The van der Waals surface area contributed by atoms with Crippen LogP contribution in [-0.2, 0) is 16.5 Å². The van der Waals surface area contributed by atoms with Crippen molar-refractivity contribution in [3.05, 3.63) is 125 Å². The Labute approximate surface area is 276 Å². The van der Waals surface area contributed by atoms with Crippen LogP contribution in [0.4, 0.5) is 0 Å². The molecule has 4 aromatic rings. The number of benzene rings is 3. The molecule has 9 heteroatoms. The topological polar surface area (TPSA) is 110 Å². The second kappa shape index (κ2) is 13.4. The van der Waals surface area contributed by atoms with Gasteiger partial charge in [0.25, 0.3) is 16.0 Å². The molecule has 0 aliphatic heterocycles. The smallest absolute Gasteiger partial charge is 0.266 e. The fourth-order valence-corrected chi connectivity index (χ4v) is 5.95. The molecule has 7 nitrogen and oxygen atoms in total. The van der Waals surface area contributed by atoms with Crippen molar-refractivity contribution in [2.24, 2.45) is 10.8 Å². The van der Waals surface area contributed by atoms with Crippen molar-refractivity contribution >= 4 is 27.6 Å². The van der Waals surface area contributed by atoms with Crippen LogP contribution < -0.4 is 5.32 Å². The van der Waals surface area contributed by atoms with Crippen LogP contribution in [0.1, 0.15) is 61.6 Å². The minimum atomic E-state index is -4.15. The van der Waals surface area contributed by atoms with Gasteiger partial charge in [-0.25, -0.2) is 0 Å². The zero-order valence-corrected chi connectivity index (χ0v) is 28.0. The summed E-state index contributed by atoms with van der Waals surface area (Å²) in [6, 6.07) is 25.1. The molecule has 1 aliphatic carbocycles. The normalized spacial score (nSPS) is 17.4. The first-order valence-corrected chi connectivity index (χ1v) is 17.2. The van der Waals surface area contributed by atoms with E-state index >= 15 is 0 Å². The number of hydrogen-bond donors (Lipinski definition) is 2. The zero-order valence-electron chi connectivity index (χ0n) is 26.5. The summed E-state index contributed by atoms with van der Waals surface area (Å²) in [5, 5.41) is 7.77. The van der Waals surface area contributed by atoms with Crippen LogP contribution in [0.2, 0.25) is 5.02 Å². The molecule has 0 bridgehead atoms. The third kappa shape index (κ3) is 8.05. The van der Waals surface area contributed by atoms with E-state index in [-0.39, 0.29) is 23.3 Å². The highest BCUT2D eigenvalue weighted by Crippen LogP contribution is 2.47. The van der Waals surface area contributed by atoms with Crippen molar-refractivity contribution in [1.29, 1.82) is 0 Å². The molecule has 46 heavy (non-hydrogen) atoms. The summed E-state index contributed by atoms with van der Waals surface area (Å²) in [6.45, 7) is 8.89. The number of nitrogens with one attached hydrogen (secondary N) is 1. The molecule has 0 radical (unpaired) electrons. The molecule has 1 aliphatic rings. The van der Waals surface area contributed by atoms with Crippen molar-refractivity contribution in [1.82, 2.24) is 10.5 Å². The molecule has 0 spiro atoms. The molecule has 5 rings (SSSR count). The van der Waals surface area contributed by atoms with E-state index in [0.717, 1.165) is 39.9 Å². The molecule has 0 saturated carbocycles. The second-order valence-electron chi connectivity index (χ2n) is 13.1. The number of nitrogens with zero attached hydrogens (tertiary/aromatic N) is 1. The first-order chi connectivity index (χ1) is 21.7. The van der Waals surface area contributed by atoms with Crippen LogP contribution >= 0.6 is 11.6 Å². The van der Waals surface area contributed by atoms with E-state index in [9.17, 15) is 13.2 Å². The van der Waals surface area contributed by atoms with Crippen molar-refractivity contribution < 1.29 is 22.3 Å². The van der Waals surface area contributed by atoms with Gasteiger partial charge in [-0.2, -0.15) is 8.42 Å². The Bertz CT molecular complexity index is 1870. The number of carbonyl (C=O) groups excluding carboxylic acids is 1. The summed E-state index contributed by atoms with van der Waals surface area (Å²) in [6.07, 6.45) is 8.36. The van der Waals surface area contributed by atoms with Gasteiger partial charge in [-0.15, -0.1) is 0 Å². The van der Waals surface area contributed by atoms with Crippen LogP contribution in [0.5, 0.6) is 0 Å². The maximum Gasteiger partial charge on any atom is 0.266 e. The Morgan fingerprint density at radius 3 is 2.35 bits per heavy atom. The molecule has 1 aromatic heterocycles. The van der Waals surface area contributed by atoms with Crippen LogP contribution in [0, 0.1) is 10.8 Å². The summed E-state index contributed by atoms with van der Waals surface area (Å²) in [5.74, 6) is -0.367. The quantitative estimate of drug-likeness (QED) is 0.165. The Morgan fingerprint density at radius 1 is 1.02 bits per heavy atom. The van der Waals surface area contributed by atoms with Gasteiger partial charge >= 0.3 is 0 Å². The highest BCUT2D eigenvalue weighted by atomic mass is 35.5. The van der Waals surface area contributed by atoms with Gasteiger partial charge in [0, 0.05) is 34.7 Å². The number of amides is 1. The monoisotopic (exact) mass is 658 g/mol. The molecular formula is C37H39ClN2O5S. The van der Waals surface area contributed by atoms with Gasteiger partial charge in [0.2, 0.25) is 0 Å². The Hall–Kier alpha value is -3.98. The summed E-state index contributed by atoms with van der Waals surface area (Å²) >= 11 is 6.10. The minimum Gasteiger partial charge on any atom is -0.356 e. The Balaban J connectivity index is 1.41. The highest BCUT2D eigenvalue weighted by molar-refractivity contribution is 7.85. The number of aromatic nitrogens is 1. The second-order valence-corrected chi connectivity index (χ2v) is 15.1. The maximum atomic E-state index is 12.5. The largest absolute Gasteiger partial charge is 0.356 e. The molecule has 1 heterocycles. The number of hydrogen-bond acceptors (Lipinski definition) is 5. The van der Waals surface area contributed by atoms with E-state index in [2.05, 4.69) is 68.5 Å². The van der Waals surface area contributed by atoms with Gasteiger partial charge in [-0.3, -0.25) is 9.35 Å². The zero-order chi connectivity index (χ0) is 33.1. The van der Waals surface area contributed by atoms with E-state index in [4.69, 9.17) is 20.7 Å². The average Bonchev–Trinajstić information content (AvgIpc) is 3.50. The summed E-state index contributed by atoms with van der Waals surface area (Å²) in [4.78, 5) is 12.5. The van der Waals surface area contributed by atoms with Gasteiger partial charge in [0.15, 0.2) is 5.76 Å². The minimum absolute atomic E-state index is 0.0164. The lowest BCUT2D eigenvalue weighted by molar-refractivity contribution is 0.0956. The molecule has 0 saturated heterocycles. The van der Waals surface area contributed by atoms with Crippen LogP contribution in [0.15, 0.2) is 107 Å². The van der Waals surface area contributed by atoms with E-state index in [0.29, 0.717) is 22.8 Å². The third-order valence-electron chi connectivity index (χ3n) is 9.03. The fraction of sp³-hybridized carbons (Fsp3) is 0.297. The van der Waals surface area contributed by atoms with Crippen molar-refractivity contribution in [3.8, 4) is 22.5 Å². The number of halogens is 1. The van der Waals surface area contributed by atoms with E-state index in [1.165, 1.54) is 0 Å². The third-order valence-corrected chi connectivity index (χ3v) is 10.0. The highest BCUT2D eigenvalue weighted by Gasteiger charge is 2.36. The van der Waals surface area contributed by atoms with Crippen LogP contribution in [0.3, 0.4) is 0 Å². The molecule has 2 atom stereocenters. The van der Waals surface area contributed by atoms with Gasteiger partial charge in [0.05, 0.1) is 11.4 Å². The summed E-state index contributed by atoms with van der Waals surface area (Å²) in [5.41, 5.74) is 6.51. The number of allylic oxidation sites excluding steroid dienone is 4. The Morgan fingerprint density at radius 2 is 1.72 bits per heavy atom. The first kappa shape index (κ1) is 33.4. The standard InChI is InChI=1S/C37H39ClN2O5S/c1-36(2,3)37(4)18-16-27(17-19-37)32(22-25-8-10-28(11-9-25)35(41)39-20-21-46(42,43)44)33-24-34(45-40-33)30-7-5-6-29(23-30)26-12-14-31(38)15-13-26/h5-18,23-24,32H,19-22H2,1-4H3,(H,39,41)(H,42,43,44)/t32-,37?/m1/s1. The van der Waals surface area contributed by atoms with Crippen molar-refractivity contribution in [2.45, 2.75) is 46.5 Å². The Kier molecular flexibility index (Phi) is 9.73. The van der Waals surface area contributed by atoms with Gasteiger partial charge in [0.1, 0.15) is 0 Å². The molecule has 3 aromatic carbocycles. The lowest BCUT2D eigenvalue weighted by atomic mass is 9.63. The molecule has 240 valence electrons. The van der Waals surface area contributed by atoms with Gasteiger partial charge in [-0.1, -0.05) is 105 Å². The molecule has 1 unspecified atom stereocenters. The lowest BCUT2D eigenvalue weighted by Crippen LogP contribution is -2.31. The fourth-order valence-electron chi connectivity index (χ4n) is 5.46. The average molecular weight is 659 g/mol. The van der Waals surface area contributed by atoms with Crippen molar-refractivity contribution in [3.63, 3.8) is 0 Å². The summed E-state index contributed by atoms with van der Waals surface area (Å²) in [7, 11) is -4.15. The maximum absolute atomic E-state index is 12.5. The van der Waals surface area contributed by atoms with Crippen LogP contribution in [-0.4, -0.2) is 36.3 Å². The molecule has 0 fully saturated rings. The van der Waals surface area contributed by atoms with Crippen molar-refractivity contribution in [2.75, 3.05) is 12.3 Å². The lowest BCUT2D eigenvalue weighted by Gasteiger charge is -2.41.